The summed E-state index contributed by atoms with van der Waals surface area (Å²) in [6.07, 6.45) is 6.61. The van der Waals surface area contributed by atoms with Crippen LogP contribution in [0.4, 0.5) is 0 Å². The summed E-state index contributed by atoms with van der Waals surface area (Å²) in [6, 6.07) is 9.10. The van der Waals surface area contributed by atoms with Gasteiger partial charge in [0.2, 0.25) is 5.91 Å². The molecule has 1 N–H and O–H groups in total. The first-order chi connectivity index (χ1) is 11.1. The van der Waals surface area contributed by atoms with Crippen molar-refractivity contribution >= 4 is 12.0 Å². The average molecular weight is 312 g/mol. The molecule has 5 heteroatoms. The van der Waals surface area contributed by atoms with Gasteiger partial charge in [-0.25, -0.2) is 0 Å². The molecular weight excluding hydrogens is 292 g/mol. The molecule has 0 radical (unpaired) electrons. The highest BCUT2D eigenvalue weighted by molar-refractivity contribution is 5.92. The molecule has 0 saturated carbocycles. The fourth-order valence-corrected chi connectivity index (χ4v) is 2.12. The molecule has 0 aliphatic rings. The van der Waals surface area contributed by atoms with E-state index in [1.54, 1.807) is 38.8 Å². The van der Waals surface area contributed by atoms with Crippen molar-refractivity contribution in [3.8, 4) is 11.5 Å². The molecule has 0 aliphatic heterocycles. The van der Waals surface area contributed by atoms with Crippen molar-refractivity contribution in [2.75, 3.05) is 14.2 Å². The Labute approximate surface area is 136 Å². The van der Waals surface area contributed by atoms with Crippen LogP contribution in [0.25, 0.3) is 6.08 Å². The number of hydrogen-bond donors (Lipinski definition) is 1. The van der Waals surface area contributed by atoms with E-state index >= 15 is 0 Å². The molecule has 120 valence electrons. The maximum Gasteiger partial charge on any atom is 0.244 e. The number of pyridine rings is 1. The number of ether oxygens (including phenoxy) is 2. The number of amides is 1. The highest BCUT2D eigenvalue weighted by Crippen LogP contribution is 2.25. The number of hydrogen-bond acceptors (Lipinski definition) is 4. The third-order valence-corrected chi connectivity index (χ3v) is 3.42. The maximum absolute atomic E-state index is 12.0. The van der Waals surface area contributed by atoms with E-state index in [1.165, 1.54) is 6.08 Å². The van der Waals surface area contributed by atoms with Crippen LogP contribution in [0, 0.1) is 0 Å². The zero-order valence-electron chi connectivity index (χ0n) is 13.4. The van der Waals surface area contributed by atoms with Crippen molar-refractivity contribution in [1.29, 1.82) is 0 Å². The Kier molecular flexibility index (Phi) is 5.74. The summed E-state index contributed by atoms with van der Waals surface area (Å²) >= 11 is 0. The Morgan fingerprint density at radius 3 is 2.57 bits per heavy atom. The molecule has 1 heterocycles. The highest BCUT2D eigenvalue weighted by Gasteiger charge is 2.07. The SMILES string of the molecule is COc1ccc(/C=C/C(=O)NC(C)c2ccncc2)c(OC)c1. The summed E-state index contributed by atoms with van der Waals surface area (Å²) in [5.74, 6) is 1.18. The van der Waals surface area contributed by atoms with Crippen LogP contribution in [0.1, 0.15) is 24.1 Å². The van der Waals surface area contributed by atoms with Crippen molar-refractivity contribution in [3.05, 3.63) is 59.9 Å². The number of aromatic nitrogens is 1. The number of nitrogens with zero attached hydrogens (tertiary/aromatic N) is 1. The van der Waals surface area contributed by atoms with Gasteiger partial charge in [-0.2, -0.15) is 0 Å². The molecule has 0 aliphatic carbocycles. The van der Waals surface area contributed by atoms with Gasteiger partial charge < -0.3 is 14.8 Å². The molecule has 0 bridgehead atoms. The second kappa shape index (κ2) is 7.98. The van der Waals surface area contributed by atoms with E-state index in [0.29, 0.717) is 11.5 Å². The molecule has 0 fully saturated rings. The summed E-state index contributed by atoms with van der Waals surface area (Å²) in [6.45, 7) is 1.93. The van der Waals surface area contributed by atoms with Crippen LogP contribution >= 0.6 is 0 Å². The fourth-order valence-electron chi connectivity index (χ4n) is 2.12. The molecule has 1 unspecified atom stereocenters. The number of rotatable bonds is 6. The van der Waals surface area contributed by atoms with E-state index in [9.17, 15) is 4.79 Å². The quantitative estimate of drug-likeness (QED) is 0.833. The molecule has 0 saturated heterocycles. The highest BCUT2D eigenvalue weighted by atomic mass is 16.5. The summed E-state index contributed by atoms with van der Waals surface area (Å²) in [5, 5.41) is 2.91. The topological polar surface area (TPSA) is 60.5 Å². The van der Waals surface area contributed by atoms with E-state index in [2.05, 4.69) is 10.3 Å². The standard InChI is InChI=1S/C18H20N2O3/c1-13(14-8-10-19-11-9-14)20-18(21)7-5-15-4-6-16(22-2)12-17(15)23-3/h4-13H,1-3H3,(H,20,21)/b7-5+. The third kappa shape index (κ3) is 4.57. The second-order valence-electron chi connectivity index (χ2n) is 4.95. The zero-order valence-corrected chi connectivity index (χ0v) is 13.4. The molecule has 1 atom stereocenters. The predicted molar refractivity (Wildman–Crippen MR) is 89.4 cm³/mol. The van der Waals surface area contributed by atoms with Gasteiger partial charge in [0.15, 0.2) is 0 Å². The molecule has 23 heavy (non-hydrogen) atoms. The largest absolute Gasteiger partial charge is 0.497 e. The van der Waals surface area contributed by atoms with E-state index in [4.69, 9.17) is 9.47 Å². The van der Waals surface area contributed by atoms with Crippen LogP contribution < -0.4 is 14.8 Å². The Morgan fingerprint density at radius 2 is 1.91 bits per heavy atom. The van der Waals surface area contributed by atoms with Gasteiger partial charge in [-0.3, -0.25) is 9.78 Å². The zero-order chi connectivity index (χ0) is 16.7. The molecule has 5 nitrogen and oxygen atoms in total. The molecule has 2 aromatic rings. The molecule has 2 rings (SSSR count). The van der Waals surface area contributed by atoms with Crippen LogP contribution in [0.15, 0.2) is 48.8 Å². The summed E-state index contributed by atoms with van der Waals surface area (Å²) in [4.78, 5) is 16.0. The molecular formula is C18H20N2O3. The minimum absolute atomic E-state index is 0.0899. The van der Waals surface area contributed by atoms with Crippen molar-refractivity contribution in [1.82, 2.24) is 10.3 Å². The molecule has 1 amide bonds. The van der Waals surface area contributed by atoms with Gasteiger partial charge in [-0.05, 0) is 42.8 Å². The van der Waals surface area contributed by atoms with Crippen LogP contribution in [0.3, 0.4) is 0 Å². The summed E-state index contributed by atoms with van der Waals surface area (Å²) in [5.41, 5.74) is 1.81. The lowest BCUT2D eigenvalue weighted by atomic mass is 10.1. The van der Waals surface area contributed by atoms with Crippen molar-refractivity contribution in [2.45, 2.75) is 13.0 Å². The van der Waals surface area contributed by atoms with Crippen LogP contribution in [-0.2, 0) is 4.79 Å². The van der Waals surface area contributed by atoms with Crippen molar-refractivity contribution < 1.29 is 14.3 Å². The number of nitrogens with one attached hydrogen (secondary N) is 1. The van der Waals surface area contributed by atoms with Gasteiger partial charge in [0.25, 0.3) is 0 Å². The third-order valence-electron chi connectivity index (χ3n) is 3.42. The van der Waals surface area contributed by atoms with E-state index in [0.717, 1.165) is 11.1 Å². The fraction of sp³-hybridized carbons (Fsp3) is 0.222. The second-order valence-corrected chi connectivity index (χ2v) is 4.95. The van der Waals surface area contributed by atoms with Crippen LogP contribution in [-0.4, -0.2) is 25.1 Å². The Balaban J connectivity index is 2.04. The smallest absolute Gasteiger partial charge is 0.244 e. The van der Waals surface area contributed by atoms with Crippen molar-refractivity contribution in [2.24, 2.45) is 0 Å². The minimum atomic E-state index is -0.174. The lowest BCUT2D eigenvalue weighted by molar-refractivity contribution is -0.117. The van der Waals surface area contributed by atoms with Crippen molar-refractivity contribution in [3.63, 3.8) is 0 Å². The Hall–Kier alpha value is -2.82. The Bertz CT molecular complexity index is 684. The van der Waals surface area contributed by atoms with E-state index in [1.807, 2.05) is 31.2 Å². The number of carbonyl (C=O) groups is 1. The van der Waals surface area contributed by atoms with Gasteiger partial charge in [0, 0.05) is 30.1 Å². The Morgan fingerprint density at radius 1 is 1.17 bits per heavy atom. The first kappa shape index (κ1) is 16.5. The average Bonchev–Trinajstić information content (AvgIpc) is 2.60. The minimum Gasteiger partial charge on any atom is -0.497 e. The van der Waals surface area contributed by atoms with Gasteiger partial charge in [-0.1, -0.05) is 0 Å². The lowest BCUT2D eigenvalue weighted by Crippen LogP contribution is -2.24. The van der Waals surface area contributed by atoms with E-state index < -0.39 is 0 Å². The molecule has 0 spiro atoms. The normalized spacial score (nSPS) is 12.0. The summed E-state index contributed by atoms with van der Waals surface area (Å²) < 4.78 is 10.5. The maximum atomic E-state index is 12.0. The first-order valence-corrected chi connectivity index (χ1v) is 7.24. The number of methoxy groups -OCH3 is 2. The van der Waals surface area contributed by atoms with E-state index in [-0.39, 0.29) is 11.9 Å². The number of carbonyl (C=O) groups excluding carboxylic acids is 1. The van der Waals surface area contributed by atoms with Gasteiger partial charge in [0.1, 0.15) is 11.5 Å². The van der Waals surface area contributed by atoms with Crippen LogP contribution in [0.2, 0.25) is 0 Å². The summed E-state index contributed by atoms with van der Waals surface area (Å²) in [7, 11) is 3.18. The van der Waals surface area contributed by atoms with Gasteiger partial charge in [-0.15, -0.1) is 0 Å². The molecule has 1 aromatic carbocycles. The molecule has 1 aromatic heterocycles. The first-order valence-electron chi connectivity index (χ1n) is 7.24. The van der Waals surface area contributed by atoms with Gasteiger partial charge in [0.05, 0.1) is 20.3 Å². The van der Waals surface area contributed by atoms with Crippen LogP contribution in [0.5, 0.6) is 11.5 Å². The van der Waals surface area contributed by atoms with Gasteiger partial charge >= 0.3 is 0 Å². The number of benzene rings is 1. The predicted octanol–water partition coefficient (Wildman–Crippen LogP) is 2.99. The lowest BCUT2D eigenvalue weighted by Gasteiger charge is -2.12. The monoisotopic (exact) mass is 312 g/mol.